The van der Waals surface area contributed by atoms with Crippen LogP contribution in [0.4, 0.5) is 0 Å². The lowest BCUT2D eigenvalue weighted by atomic mass is 9.56. The van der Waals surface area contributed by atoms with E-state index in [9.17, 15) is 4.79 Å². The number of allylic oxidation sites excluding steroid dienone is 1. The molecule has 0 aliphatic heterocycles. The summed E-state index contributed by atoms with van der Waals surface area (Å²) >= 11 is 0. The molecule has 1 aromatic heterocycles. The number of aromatic nitrogens is 2. The van der Waals surface area contributed by atoms with E-state index < -0.39 is 0 Å². The molecule has 2 saturated carbocycles. The van der Waals surface area contributed by atoms with Crippen molar-refractivity contribution < 1.29 is 4.74 Å². The Labute approximate surface area is 156 Å². The molecule has 0 bridgehead atoms. The fourth-order valence-electron chi connectivity index (χ4n) is 5.95. The minimum absolute atomic E-state index is 0.0594. The highest BCUT2D eigenvalue weighted by molar-refractivity contribution is 5.37. The molecule has 26 heavy (non-hydrogen) atoms. The van der Waals surface area contributed by atoms with E-state index in [1.54, 1.807) is 10.6 Å². The van der Waals surface area contributed by atoms with Crippen LogP contribution in [0.1, 0.15) is 88.3 Å². The highest BCUT2D eigenvalue weighted by Gasteiger charge is 2.48. The Bertz CT molecular complexity index is 730. The largest absolute Gasteiger partial charge is 0.465 e. The summed E-state index contributed by atoms with van der Waals surface area (Å²) in [5.41, 5.74) is 2.34. The van der Waals surface area contributed by atoms with Gasteiger partial charge in [0.1, 0.15) is 0 Å². The molecule has 0 N–H and O–H groups in total. The van der Waals surface area contributed by atoms with Crippen LogP contribution >= 0.6 is 0 Å². The smallest absolute Gasteiger partial charge is 0.299 e. The molecule has 2 unspecified atom stereocenters. The van der Waals surface area contributed by atoms with Crippen molar-refractivity contribution >= 4 is 0 Å². The standard InChI is InChI=1S/C22H32N2O2/c1-3-14-24-20(25)18-19(23-21(24)26-4-2)17-11-7-6-10-16(17)15-22(18)12-8-5-9-13-22/h3,16-17H,1,4-15H2,2H3. The van der Waals surface area contributed by atoms with Crippen molar-refractivity contribution in [1.82, 2.24) is 9.55 Å². The first-order chi connectivity index (χ1) is 12.7. The van der Waals surface area contributed by atoms with Crippen LogP contribution in [-0.4, -0.2) is 16.2 Å². The maximum absolute atomic E-state index is 13.6. The predicted octanol–water partition coefficient (Wildman–Crippen LogP) is 4.71. The van der Waals surface area contributed by atoms with Crippen molar-refractivity contribution in [3.8, 4) is 6.01 Å². The van der Waals surface area contributed by atoms with Gasteiger partial charge in [-0.3, -0.25) is 9.36 Å². The molecule has 3 aliphatic carbocycles. The summed E-state index contributed by atoms with van der Waals surface area (Å²) in [4.78, 5) is 18.7. The molecule has 0 amide bonds. The average molecular weight is 357 g/mol. The molecule has 3 aliphatic rings. The van der Waals surface area contributed by atoms with E-state index in [1.165, 1.54) is 51.4 Å². The van der Waals surface area contributed by atoms with Gasteiger partial charge in [-0.15, -0.1) is 6.58 Å². The van der Waals surface area contributed by atoms with Crippen LogP contribution in [0.25, 0.3) is 0 Å². The predicted molar refractivity (Wildman–Crippen MR) is 104 cm³/mol. The zero-order valence-electron chi connectivity index (χ0n) is 16.1. The van der Waals surface area contributed by atoms with Gasteiger partial charge in [0, 0.05) is 23.4 Å². The van der Waals surface area contributed by atoms with Crippen molar-refractivity contribution in [2.45, 2.75) is 89.0 Å². The summed E-state index contributed by atoms with van der Waals surface area (Å²) in [6.07, 6.45) is 14.1. The van der Waals surface area contributed by atoms with Gasteiger partial charge in [-0.05, 0) is 44.9 Å². The zero-order valence-corrected chi connectivity index (χ0v) is 16.1. The Morgan fingerprint density at radius 3 is 2.73 bits per heavy atom. The van der Waals surface area contributed by atoms with Crippen LogP contribution in [0.3, 0.4) is 0 Å². The van der Waals surface area contributed by atoms with E-state index in [0.717, 1.165) is 24.1 Å². The third kappa shape index (κ3) is 2.82. The van der Waals surface area contributed by atoms with Gasteiger partial charge in [0.2, 0.25) is 0 Å². The molecule has 4 nitrogen and oxygen atoms in total. The molecule has 1 heterocycles. The molecule has 2 fully saturated rings. The van der Waals surface area contributed by atoms with Crippen molar-refractivity contribution in [3.63, 3.8) is 0 Å². The molecule has 1 spiro atoms. The average Bonchev–Trinajstić information content (AvgIpc) is 2.65. The summed E-state index contributed by atoms with van der Waals surface area (Å²) in [6, 6.07) is 0.494. The number of ether oxygens (including phenoxy) is 1. The SMILES string of the molecule is C=CCn1c(OCC)nc2c(c1=O)C1(CCCCC1)CC1CCCCC21. The second-order valence-corrected chi connectivity index (χ2v) is 8.49. The third-order valence-corrected chi connectivity index (χ3v) is 7.00. The highest BCUT2D eigenvalue weighted by atomic mass is 16.5. The van der Waals surface area contributed by atoms with Gasteiger partial charge in [-0.1, -0.05) is 38.2 Å². The molecule has 142 valence electrons. The first-order valence-electron chi connectivity index (χ1n) is 10.6. The Balaban J connectivity index is 1.93. The summed E-state index contributed by atoms with van der Waals surface area (Å²) in [7, 11) is 0. The first kappa shape index (κ1) is 17.8. The monoisotopic (exact) mass is 356 g/mol. The van der Waals surface area contributed by atoms with Crippen LogP contribution in [0.15, 0.2) is 17.4 Å². The second-order valence-electron chi connectivity index (χ2n) is 8.49. The fraction of sp³-hybridized carbons (Fsp3) is 0.727. The van der Waals surface area contributed by atoms with Gasteiger partial charge < -0.3 is 4.74 Å². The first-order valence-corrected chi connectivity index (χ1v) is 10.6. The van der Waals surface area contributed by atoms with Gasteiger partial charge in [0.25, 0.3) is 11.6 Å². The van der Waals surface area contributed by atoms with Crippen LogP contribution < -0.4 is 10.3 Å². The highest BCUT2D eigenvalue weighted by Crippen LogP contribution is 2.55. The summed E-state index contributed by atoms with van der Waals surface area (Å²) in [5, 5.41) is 0. The fourth-order valence-corrected chi connectivity index (χ4v) is 5.95. The number of nitrogens with zero attached hydrogens (tertiary/aromatic N) is 2. The van der Waals surface area contributed by atoms with E-state index in [-0.39, 0.29) is 11.0 Å². The molecule has 0 radical (unpaired) electrons. The topological polar surface area (TPSA) is 44.1 Å². The Hall–Kier alpha value is -1.58. The number of fused-ring (bicyclic) bond motifs is 4. The van der Waals surface area contributed by atoms with Crippen LogP contribution in [0.2, 0.25) is 0 Å². The van der Waals surface area contributed by atoms with Crippen molar-refractivity contribution in [1.29, 1.82) is 0 Å². The maximum atomic E-state index is 13.6. The lowest BCUT2D eigenvalue weighted by molar-refractivity contribution is 0.152. The van der Waals surface area contributed by atoms with Gasteiger partial charge in [0.05, 0.1) is 12.3 Å². The molecule has 4 rings (SSSR count). The molecule has 0 aromatic carbocycles. The van der Waals surface area contributed by atoms with Crippen molar-refractivity contribution in [2.75, 3.05) is 6.61 Å². The maximum Gasteiger partial charge on any atom is 0.299 e. The van der Waals surface area contributed by atoms with Crippen molar-refractivity contribution in [2.24, 2.45) is 5.92 Å². The lowest BCUT2D eigenvalue weighted by Gasteiger charge is -2.48. The van der Waals surface area contributed by atoms with Gasteiger partial charge >= 0.3 is 0 Å². The number of hydrogen-bond donors (Lipinski definition) is 0. The molecule has 4 heteroatoms. The van der Waals surface area contributed by atoms with Gasteiger partial charge in [-0.2, -0.15) is 0 Å². The van der Waals surface area contributed by atoms with E-state index in [1.807, 2.05) is 6.92 Å². The van der Waals surface area contributed by atoms with E-state index in [4.69, 9.17) is 9.72 Å². The third-order valence-electron chi connectivity index (χ3n) is 7.00. The Morgan fingerprint density at radius 1 is 1.23 bits per heavy atom. The lowest BCUT2D eigenvalue weighted by Crippen LogP contribution is -2.46. The molecule has 2 atom stereocenters. The minimum Gasteiger partial charge on any atom is -0.465 e. The Morgan fingerprint density at radius 2 is 2.00 bits per heavy atom. The molecule has 1 aromatic rings. The van der Waals surface area contributed by atoms with Crippen LogP contribution in [-0.2, 0) is 12.0 Å². The summed E-state index contributed by atoms with van der Waals surface area (Å²) in [5.74, 6) is 1.16. The second kappa shape index (κ2) is 7.21. The van der Waals surface area contributed by atoms with Crippen molar-refractivity contribution in [3.05, 3.63) is 34.3 Å². The Kier molecular flexibility index (Phi) is 4.94. The zero-order chi connectivity index (χ0) is 18.1. The molecular weight excluding hydrogens is 324 g/mol. The number of hydrogen-bond acceptors (Lipinski definition) is 3. The van der Waals surface area contributed by atoms with Gasteiger partial charge in [-0.25, -0.2) is 4.98 Å². The van der Waals surface area contributed by atoms with E-state index in [0.29, 0.717) is 31.0 Å². The number of rotatable bonds is 4. The summed E-state index contributed by atoms with van der Waals surface area (Å²) < 4.78 is 7.51. The summed E-state index contributed by atoms with van der Waals surface area (Å²) in [6.45, 7) is 6.79. The van der Waals surface area contributed by atoms with E-state index >= 15 is 0 Å². The molecular formula is C22H32N2O2. The molecule has 0 saturated heterocycles. The minimum atomic E-state index is 0.0594. The van der Waals surface area contributed by atoms with Crippen LogP contribution in [0, 0.1) is 5.92 Å². The van der Waals surface area contributed by atoms with Crippen LogP contribution in [0.5, 0.6) is 6.01 Å². The quantitative estimate of drug-likeness (QED) is 0.734. The van der Waals surface area contributed by atoms with Gasteiger partial charge in [0.15, 0.2) is 0 Å². The normalized spacial score (nSPS) is 26.8. The van der Waals surface area contributed by atoms with E-state index in [2.05, 4.69) is 6.58 Å².